The van der Waals surface area contributed by atoms with Gasteiger partial charge in [0.1, 0.15) is 22.8 Å². The fourth-order valence-electron chi connectivity index (χ4n) is 3.80. The molecule has 34 heavy (non-hydrogen) atoms. The first-order valence-corrected chi connectivity index (χ1v) is 11.1. The molecule has 2 aromatic heterocycles. The molecule has 7 nitrogen and oxygen atoms in total. The van der Waals surface area contributed by atoms with E-state index in [0.717, 1.165) is 30.7 Å². The number of amides is 1. The molecule has 0 unspecified atom stereocenters. The predicted molar refractivity (Wildman–Crippen MR) is 127 cm³/mol. The zero-order valence-electron chi connectivity index (χ0n) is 18.9. The Morgan fingerprint density at radius 3 is 2.44 bits per heavy atom. The van der Waals surface area contributed by atoms with Crippen LogP contribution in [0.1, 0.15) is 25.8 Å². The monoisotopic (exact) mass is 465 g/mol. The lowest BCUT2D eigenvalue weighted by Gasteiger charge is -2.20. The van der Waals surface area contributed by atoms with Gasteiger partial charge < -0.3 is 20.3 Å². The Hall–Kier alpha value is -4.01. The van der Waals surface area contributed by atoms with Gasteiger partial charge >= 0.3 is 0 Å². The smallest absolute Gasteiger partial charge is 0.226 e. The first kappa shape index (κ1) is 23.2. The number of aromatic nitrogens is 3. The largest absolute Gasteiger partial charge is 0.494 e. The van der Waals surface area contributed by atoms with Crippen LogP contribution in [0.5, 0.6) is 5.88 Å². The Morgan fingerprint density at radius 1 is 1.09 bits per heavy atom. The molecule has 3 N–H and O–H groups in total. The van der Waals surface area contributed by atoms with Gasteiger partial charge in [0, 0.05) is 25.0 Å². The number of benzene rings is 2. The summed E-state index contributed by atoms with van der Waals surface area (Å²) >= 11 is 0. The molecule has 1 amide bonds. The Kier molecular flexibility index (Phi) is 6.72. The number of hydrogen-bond acceptors (Lipinski definition) is 5. The third kappa shape index (κ3) is 4.68. The van der Waals surface area contributed by atoms with Gasteiger partial charge in [0.25, 0.3) is 0 Å². The predicted octanol–water partition coefficient (Wildman–Crippen LogP) is 5.15. The quantitative estimate of drug-likeness (QED) is 0.334. The van der Waals surface area contributed by atoms with Crippen molar-refractivity contribution in [3.8, 4) is 17.3 Å². The summed E-state index contributed by atoms with van der Waals surface area (Å²) in [5.41, 5.74) is 1.43. The van der Waals surface area contributed by atoms with Gasteiger partial charge in [-0.1, -0.05) is 25.1 Å². The highest BCUT2D eigenvalue weighted by Gasteiger charge is 2.19. The topological polar surface area (TPSA) is 94.1 Å². The second-order valence-corrected chi connectivity index (χ2v) is 7.86. The van der Waals surface area contributed by atoms with Gasteiger partial charge in [0.05, 0.1) is 17.5 Å². The van der Waals surface area contributed by atoms with Crippen LogP contribution in [-0.2, 0) is 11.2 Å². The molecule has 2 heterocycles. The molecule has 4 rings (SSSR count). The fourth-order valence-corrected chi connectivity index (χ4v) is 3.80. The molecular formula is C25H25F2N5O2. The van der Waals surface area contributed by atoms with Crippen LogP contribution in [0.4, 0.5) is 20.3 Å². The van der Waals surface area contributed by atoms with Gasteiger partial charge in [-0.05, 0) is 43.2 Å². The highest BCUT2D eigenvalue weighted by atomic mass is 19.1. The van der Waals surface area contributed by atoms with Gasteiger partial charge in [0.15, 0.2) is 5.82 Å². The van der Waals surface area contributed by atoms with Crippen molar-refractivity contribution < 1.29 is 18.7 Å². The van der Waals surface area contributed by atoms with Gasteiger partial charge in [0.2, 0.25) is 11.8 Å². The van der Waals surface area contributed by atoms with Crippen LogP contribution in [0.3, 0.4) is 0 Å². The molecule has 0 aliphatic carbocycles. The first-order valence-electron chi connectivity index (χ1n) is 11.1. The number of H-pyrrole nitrogens is 1. The standard InChI is InChI=1S/C25H25F2N5O2/c1-3-12-32(4-2)20(33)13-15-8-10-16(11-9-15)29-24-22-19(14-28-25(22)34)30-23(31-24)21-17(26)6-5-7-18(21)27/h5-11,14,28,34H,3-4,12-13H2,1-2H3,(H,29,30,31). The average Bonchev–Trinajstić information content (AvgIpc) is 3.19. The minimum absolute atomic E-state index is 0.0661. The molecule has 0 bridgehead atoms. The summed E-state index contributed by atoms with van der Waals surface area (Å²) in [4.78, 5) is 25.5. The van der Waals surface area contributed by atoms with E-state index in [1.807, 2.05) is 30.9 Å². The van der Waals surface area contributed by atoms with E-state index in [-0.39, 0.29) is 34.4 Å². The summed E-state index contributed by atoms with van der Waals surface area (Å²) < 4.78 is 28.7. The summed E-state index contributed by atoms with van der Waals surface area (Å²) in [6.45, 7) is 5.39. The maximum absolute atomic E-state index is 14.4. The molecule has 2 aromatic carbocycles. The van der Waals surface area contributed by atoms with Gasteiger partial charge in [-0.3, -0.25) is 4.79 Å². The third-order valence-corrected chi connectivity index (χ3v) is 5.51. The highest BCUT2D eigenvalue weighted by molar-refractivity contribution is 5.96. The maximum atomic E-state index is 14.4. The van der Waals surface area contributed by atoms with Crippen molar-refractivity contribution in [2.24, 2.45) is 0 Å². The number of carbonyl (C=O) groups excluding carboxylic acids is 1. The lowest BCUT2D eigenvalue weighted by Crippen LogP contribution is -2.32. The molecule has 0 aliphatic heterocycles. The van der Waals surface area contributed by atoms with Crippen LogP contribution in [0.25, 0.3) is 22.3 Å². The molecule has 176 valence electrons. The van der Waals surface area contributed by atoms with Gasteiger partial charge in [-0.25, -0.2) is 18.7 Å². The molecule has 0 aliphatic rings. The number of likely N-dealkylation sites (N-methyl/N-ethyl adjacent to an activating group) is 1. The summed E-state index contributed by atoms with van der Waals surface area (Å²) in [5, 5.41) is 13.6. The van der Waals surface area contributed by atoms with Gasteiger partial charge in [-0.2, -0.15) is 0 Å². The molecule has 9 heteroatoms. The summed E-state index contributed by atoms with van der Waals surface area (Å²) in [7, 11) is 0. The minimum atomic E-state index is -0.789. The fraction of sp³-hybridized carbons (Fsp3) is 0.240. The molecule has 0 fully saturated rings. The van der Waals surface area contributed by atoms with E-state index >= 15 is 0 Å². The van der Waals surface area contributed by atoms with Crippen molar-refractivity contribution >= 4 is 28.3 Å². The summed E-state index contributed by atoms with van der Waals surface area (Å²) in [5.74, 6) is -1.65. The molecule has 0 atom stereocenters. The minimum Gasteiger partial charge on any atom is -0.494 e. The lowest BCUT2D eigenvalue weighted by molar-refractivity contribution is -0.130. The second kappa shape index (κ2) is 9.86. The zero-order chi connectivity index (χ0) is 24.2. The number of fused-ring (bicyclic) bond motifs is 1. The Labute approximate surface area is 195 Å². The number of nitrogens with zero attached hydrogens (tertiary/aromatic N) is 3. The summed E-state index contributed by atoms with van der Waals surface area (Å²) in [6, 6.07) is 10.7. The van der Waals surface area contributed by atoms with Crippen molar-refractivity contribution in [1.29, 1.82) is 0 Å². The van der Waals surface area contributed by atoms with E-state index in [4.69, 9.17) is 0 Å². The number of hydrogen-bond donors (Lipinski definition) is 3. The van der Waals surface area contributed by atoms with Crippen LogP contribution in [-0.4, -0.2) is 44.0 Å². The van der Waals surface area contributed by atoms with Crippen LogP contribution < -0.4 is 5.32 Å². The average molecular weight is 466 g/mol. The first-order chi connectivity index (χ1) is 16.4. The van der Waals surface area contributed by atoms with Crippen molar-refractivity contribution in [2.75, 3.05) is 18.4 Å². The number of aromatic hydroxyl groups is 1. The Balaban J connectivity index is 1.63. The van der Waals surface area contributed by atoms with E-state index in [2.05, 4.69) is 20.3 Å². The normalized spacial score (nSPS) is 11.1. The number of aromatic amines is 1. The molecule has 4 aromatic rings. The second-order valence-electron chi connectivity index (χ2n) is 7.86. The number of halogens is 2. The zero-order valence-corrected chi connectivity index (χ0v) is 18.9. The van der Waals surface area contributed by atoms with Crippen molar-refractivity contribution in [2.45, 2.75) is 26.7 Å². The van der Waals surface area contributed by atoms with E-state index in [1.54, 1.807) is 12.1 Å². The van der Waals surface area contributed by atoms with E-state index in [9.17, 15) is 18.7 Å². The number of rotatable bonds is 8. The van der Waals surface area contributed by atoms with E-state index in [1.165, 1.54) is 12.3 Å². The number of carbonyl (C=O) groups is 1. The number of nitrogens with one attached hydrogen (secondary N) is 2. The maximum Gasteiger partial charge on any atom is 0.226 e. The Morgan fingerprint density at radius 2 is 1.79 bits per heavy atom. The lowest BCUT2D eigenvalue weighted by atomic mass is 10.1. The van der Waals surface area contributed by atoms with Crippen molar-refractivity contribution in [1.82, 2.24) is 19.9 Å². The molecular weight excluding hydrogens is 440 g/mol. The number of anilines is 2. The third-order valence-electron chi connectivity index (χ3n) is 5.51. The molecule has 0 radical (unpaired) electrons. The van der Waals surface area contributed by atoms with Crippen LogP contribution in [0.15, 0.2) is 48.7 Å². The van der Waals surface area contributed by atoms with E-state index in [0.29, 0.717) is 24.2 Å². The van der Waals surface area contributed by atoms with Crippen molar-refractivity contribution in [3.63, 3.8) is 0 Å². The van der Waals surface area contributed by atoms with Crippen LogP contribution in [0, 0.1) is 11.6 Å². The van der Waals surface area contributed by atoms with Crippen LogP contribution >= 0.6 is 0 Å². The molecule has 0 spiro atoms. The van der Waals surface area contributed by atoms with E-state index < -0.39 is 11.6 Å². The summed E-state index contributed by atoms with van der Waals surface area (Å²) in [6.07, 6.45) is 2.63. The van der Waals surface area contributed by atoms with Crippen LogP contribution in [0.2, 0.25) is 0 Å². The molecule has 0 saturated carbocycles. The highest BCUT2D eigenvalue weighted by Crippen LogP contribution is 2.34. The Bertz CT molecular complexity index is 1300. The van der Waals surface area contributed by atoms with Crippen molar-refractivity contribution in [3.05, 3.63) is 65.9 Å². The molecule has 0 saturated heterocycles. The SMILES string of the molecule is CCCN(CC)C(=O)Cc1ccc(Nc2nc(-c3c(F)cccc3F)nc3c[nH]c(O)c23)cc1. The van der Waals surface area contributed by atoms with Gasteiger partial charge in [-0.15, -0.1) is 0 Å².